The second kappa shape index (κ2) is 7.21. The van der Waals surface area contributed by atoms with Gasteiger partial charge in [-0.3, -0.25) is 9.36 Å². The van der Waals surface area contributed by atoms with E-state index in [4.69, 9.17) is 11.5 Å². The molecule has 0 fully saturated rings. The lowest BCUT2D eigenvalue weighted by Gasteiger charge is -2.15. The molecule has 0 bridgehead atoms. The summed E-state index contributed by atoms with van der Waals surface area (Å²) in [6, 6.07) is 13.7. The Hall–Kier alpha value is -3.39. The van der Waals surface area contributed by atoms with Gasteiger partial charge < -0.3 is 11.5 Å². The Morgan fingerprint density at radius 1 is 0.931 bits per heavy atom. The zero-order valence-corrected chi connectivity index (χ0v) is 17.1. The molecule has 29 heavy (non-hydrogen) atoms. The van der Waals surface area contributed by atoms with E-state index in [1.165, 1.54) is 0 Å². The minimum atomic E-state index is -0.334. The molecule has 2 aromatic carbocycles. The van der Waals surface area contributed by atoms with Gasteiger partial charge in [-0.2, -0.15) is 9.97 Å². The molecule has 0 unspecified atom stereocenters. The van der Waals surface area contributed by atoms with Crippen molar-refractivity contribution in [2.75, 3.05) is 17.7 Å². The Morgan fingerprint density at radius 2 is 1.66 bits per heavy atom. The van der Waals surface area contributed by atoms with Crippen molar-refractivity contribution < 1.29 is 0 Å². The molecule has 0 radical (unpaired) electrons. The van der Waals surface area contributed by atoms with Crippen LogP contribution in [0.5, 0.6) is 0 Å². The third kappa shape index (κ3) is 3.31. The fraction of sp³-hybridized carbons (Fsp3) is 0.143. The molecular weight excluding hydrogens is 384 g/mol. The predicted molar refractivity (Wildman–Crippen MR) is 118 cm³/mol. The quantitative estimate of drug-likeness (QED) is 0.504. The van der Waals surface area contributed by atoms with Crippen molar-refractivity contribution in [3.63, 3.8) is 0 Å². The summed E-state index contributed by atoms with van der Waals surface area (Å²) in [6.45, 7) is 4.03. The second-order valence-corrected chi connectivity index (χ2v) is 7.62. The first-order chi connectivity index (χ1) is 13.9. The lowest BCUT2D eigenvalue weighted by Crippen LogP contribution is -2.24. The molecule has 0 saturated heterocycles. The van der Waals surface area contributed by atoms with E-state index in [0.29, 0.717) is 11.5 Å². The van der Waals surface area contributed by atoms with E-state index in [1.54, 1.807) is 16.3 Å². The smallest absolute Gasteiger partial charge is 0.271 e. The molecule has 0 atom stereocenters. The van der Waals surface area contributed by atoms with Crippen LogP contribution in [0.2, 0.25) is 0 Å². The lowest BCUT2D eigenvalue weighted by atomic mass is 10.1. The monoisotopic (exact) mass is 404 g/mol. The molecule has 4 rings (SSSR count). The van der Waals surface area contributed by atoms with Crippen molar-refractivity contribution in [2.24, 2.45) is 0 Å². The summed E-state index contributed by atoms with van der Waals surface area (Å²) >= 11 is 1.64. The molecule has 0 aliphatic carbocycles. The zero-order chi connectivity index (χ0) is 20.7. The first kappa shape index (κ1) is 18.9. The molecule has 8 heteroatoms. The van der Waals surface area contributed by atoms with Gasteiger partial charge in [0, 0.05) is 10.5 Å². The van der Waals surface area contributed by atoms with Crippen molar-refractivity contribution >= 4 is 34.6 Å². The second-order valence-electron chi connectivity index (χ2n) is 6.74. The summed E-state index contributed by atoms with van der Waals surface area (Å²) < 4.78 is 1.55. The Balaban J connectivity index is 2.11. The third-order valence-electron chi connectivity index (χ3n) is 4.87. The van der Waals surface area contributed by atoms with Gasteiger partial charge in [-0.25, -0.2) is 4.98 Å². The highest BCUT2D eigenvalue weighted by Crippen LogP contribution is 2.26. The number of nitrogens with zero attached hydrogens (tertiary/aromatic N) is 4. The molecule has 4 aromatic rings. The highest BCUT2D eigenvalue weighted by atomic mass is 32.2. The largest absolute Gasteiger partial charge is 0.383 e. The summed E-state index contributed by atoms with van der Waals surface area (Å²) in [4.78, 5) is 27.3. The van der Waals surface area contributed by atoms with Crippen LogP contribution in [0.25, 0.3) is 28.1 Å². The molecule has 7 nitrogen and oxygen atoms in total. The number of fused-ring (bicyclic) bond motifs is 1. The van der Waals surface area contributed by atoms with Gasteiger partial charge in [-0.05, 0) is 55.5 Å². The predicted octanol–water partition coefficient (Wildman–Crippen LogP) is 3.35. The molecule has 0 amide bonds. The average Bonchev–Trinajstić information content (AvgIpc) is 2.69. The van der Waals surface area contributed by atoms with E-state index in [-0.39, 0.29) is 28.4 Å². The van der Waals surface area contributed by atoms with Crippen molar-refractivity contribution in [2.45, 2.75) is 18.7 Å². The first-order valence-corrected chi connectivity index (χ1v) is 10.2. The molecule has 2 heterocycles. The molecule has 146 valence electrons. The van der Waals surface area contributed by atoms with Gasteiger partial charge in [0.1, 0.15) is 17.0 Å². The van der Waals surface area contributed by atoms with E-state index in [9.17, 15) is 4.79 Å². The zero-order valence-electron chi connectivity index (χ0n) is 16.3. The van der Waals surface area contributed by atoms with Crippen LogP contribution in [0.3, 0.4) is 0 Å². The van der Waals surface area contributed by atoms with E-state index in [0.717, 1.165) is 21.6 Å². The van der Waals surface area contributed by atoms with Crippen LogP contribution in [-0.4, -0.2) is 25.8 Å². The molecule has 2 aromatic heterocycles. The van der Waals surface area contributed by atoms with Gasteiger partial charge in [-0.15, -0.1) is 11.8 Å². The van der Waals surface area contributed by atoms with Crippen LogP contribution in [0, 0.1) is 13.8 Å². The van der Waals surface area contributed by atoms with E-state index >= 15 is 0 Å². The maximum absolute atomic E-state index is 13.5. The summed E-state index contributed by atoms with van der Waals surface area (Å²) in [7, 11) is 0. The number of aryl methyl sites for hydroxylation is 2. The van der Waals surface area contributed by atoms with Crippen molar-refractivity contribution in [3.8, 4) is 17.1 Å². The van der Waals surface area contributed by atoms with Crippen molar-refractivity contribution in [1.29, 1.82) is 0 Å². The Bertz CT molecular complexity index is 1300. The maximum Gasteiger partial charge on any atom is 0.271 e. The topological polar surface area (TPSA) is 113 Å². The Morgan fingerprint density at radius 3 is 2.31 bits per heavy atom. The van der Waals surface area contributed by atoms with E-state index in [2.05, 4.69) is 15.0 Å². The summed E-state index contributed by atoms with van der Waals surface area (Å²) in [5.41, 5.74) is 15.3. The van der Waals surface area contributed by atoms with Crippen LogP contribution in [0.15, 0.2) is 52.2 Å². The standard InChI is InChI=1S/C21H20N6OS/c1-11-4-7-14(10-12(11)2)27-19(13-5-8-15(29-3)9-6-13)25-18-16(20(27)28)17(22)24-21(23)26-18/h4-10H,1-3H3,(H4,22,23,24,26). The lowest BCUT2D eigenvalue weighted by molar-refractivity contribution is 0.962. The normalized spacial score (nSPS) is 11.1. The van der Waals surface area contributed by atoms with Crippen molar-refractivity contribution in [1.82, 2.24) is 19.5 Å². The summed E-state index contributed by atoms with van der Waals surface area (Å²) in [6.07, 6.45) is 2.01. The van der Waals surface area contributed by atoms with Gasteiger partial charge in [0.15, 0.2) is 5.65 Å². The number of hydrogen-bond acceptors (Lipinski definition) is 7. The number of hydrogen-bond donors (Lipinski definition) is 2. The van der Waals surface area contributed by atoms with Crippen LogP contribution < -0.4 is 17.0 Å². The van der Waals surface area contributed by atoms with E-state index in [1.807, 2.05) is 62.6 Å². The molecule has 0 aliphatic rings. The van der Waals surface area contributed by atoms with E-state index < -0.39 is 0 Å². The highest BCUT2D eigenvalue weighted by Gasteiger charge is 2.18. The van der Waals surface area contributed by atoms with Crippen LogP contribution in [-0.2, 0) is 0 Å². The average molecular weight is 404 g/mol. The number of benzene rings is 2. The van der Waals surface area contributed by atoms with Crippen LogP contribution in [0.1, 0.15) is 11.1 Å². The van der Waals surface area contributed by atoms with Gasteiger partial charge in [0.25, 0.3) is 5.56 Å². The van der Waals surface area contributed by atoms with Crippen LogP contribution in [0.4, 0.5) is 11.8 Å². The highest BCUT2D eigenvalue weighted by molar-refractivity contribution is 7.98. The number of aromatic nitrogens is 4. The van der Waals surface area contributed by atoms with Gasteiger partial charge in [0.05, 0.1) is 5.69 Å². The summed E-state index contributed by atoms with van der Waals surface area (Å²) in [5.74, 6) is 0.470. The third-order valence-corrected chi connectivity index (χ3v) is 5.62. The minimum absolute atomic E-state index is 0.0190. The molecule has 0 aliphatic heterocycles. The minimum Gasteiger partial charge on any atom is -0.383 e. The first-order valence-electron chi connectivity index (χ1n) is 8.97. The molecule has 0 spiro atoms. The Kier molecular flexibility index (Phi) is 4.71. The molecule has 4 N–H and O–H groups in total. The molecule has 0 saturated carbocycles. The fourth-order valence-electron chi connectivity index (χ4n) is 3.17. The molecular formula is C21H20N6OS. The van der Waals surface area contributed by atoms with Gasteiger partial charge in [-0.1, -0.05) is 18.2 Å². The number of nitrogens with two attached hydrogens (primary N) is 2. The van der Waals surface area contributed by atoms with Crippen molar-refractivity contribution in [3.05, 3.63) is 63.9 Å². The fourth-order valence-corrected chi connectivity index (χ4v) is 3.57. The van der Waals surface area contributed by atoms with Gasteiger partial charge >= 0.3 is 0 Å². The van der Waals surface area contributed by atoms with Gasteiger partial charge in [0.2, 0.25) is 5.95 Å². The number of nitrogen functional groups attached to an aromatic ring is 2. The number of thioether (sulfide) groups is 1. The van der Waals surface area contributed by atoms with Crippen LogP contribution >= 0.6 is 11.8 Å². The maximum atomic E-state index is 13.5. The SMILES string of the molecule is CSc1ccc(-c2nc3nc(N)nc(N)c3c(=O)n2-c2ccc(C)c(C)c2)cc1. The number of rotatable bonds is 3. The Labute approximate surface area is 171 Å². The number of anilines is 2. The summed E-state index contributed by atoms with van der Waals surface area (Å²) in [5, 5.41) is 0.155.